The molecule has 0 bridgehead atoms. The molecule has 0 unspecified atom stereocenters. The first-order valence-corrected chi connectivity index (χ1v) is 11.5. The lowest BCUT2D eigenvalue weighted by Gasteiger charge is -2.25. The Hall–Kier alpha value is -2.50. The van der Waals surface area contributed by atoms with Crippen molar-refractivity contribution in [1.82, 2.24) is 19.0 Å². The van der Waals surface area contributed by atoms with E-state index in [2.05, 4.69) is 5.32 Å². The van der Waals surface area contributed by atoms with Crippen LogP contribution >= 0.6 is 0 Å². The summed E-state index contributed by atoms with van der Waals surface area (Å²) < 4.78 is 26.6. The lowest BCUT2D eigenvalue weighted by Crippen LogP contribution is -2.43. The highest BCUT2D eigenvalue weighted by atomic mass is 32.2. The fourth-order valence-corrected chi connectivity index (χ4v) is 4.30. The van der Waals surface area contributed by atoms with Gasteiger partial charge in [-0.05, 0) is 30.7 Å². The average Bonchev–Trinajstić information content (AvgIpc) is 2.93. The molecule has 1 fully saturated rings. The molecule has 0 aliphatic carbocycles. The van der Waals surface area contributed by atoms with Gasteiger partial charge in [0.25, 0.3) is 0 Å². The van der Waals surface area contributed by atoms with Gasteiger partial charge in [-0.1, -0.05) is 0 Å². The van der Waals surface area contributed by atoms with E-state index in [4.69, 9.17) is 0 Å². The molecule has 0 saturated carbocycles. The van der Waals surface area contributed by atoms with Crippen LogP contribution in [-0.4, -0.2) is 106 Å². The summed E-state index contributed by atoms with van der Waals surface area (Å²) in [5.74, 6) is -0.516. The number of rotatable bonds is 7. The molecular formula is C20H31N5O5S. The molecule has 0 atom stereocenters. The van der Waals surface area contributed by atoms with Gasteiger partial charge < -0.3 is 15.1 Å². The second-order valence-corrected chi connectivity index (χ2v) is 9.81. The number of hydrogen-bond donors (Lipinski definition) is 1. The van der Waals surface area contributed by atoms with E-state index in [1.54, 1.807) is 19.0 Å². The fourth-order valence-electron chi connectivity index (χ4n) is 3.18. The quantitative estimate of drug-likeness (QED) is 0.617. The van der Waals surface area contributed by atoms with E-state index < -0.39 is 10.0 Å². The van der Waals surface area contributed by atoms with Gasteiger partial charge in [-0.15, -0.1) is 0 Å². The van der Waals surface area contributed by atoms with Crippen LogP contribution in [0.5, 0.6) is 0 Å². The second-order valence-electron chi connectivity index (χ2n) is 7.77. The number of anilines is 1. The van der Waals surface area contributed by atoms with Crippen molar-refractivity contribution >= 4 is 33.4 Å². The van der Waals surface area contributed by atoms with Crippen molar-refractivity contribution < 1.29 is 22.8 Å². The maximum atomic E-state index is 12.8. The monoisotopic (exact) mass is 453 g/mol. The number of sulfonamides is 1. The van der Waals surface area contributed by atoms with Gasteiger partial charge in [-0.2, -0.15) is 4.31 Å². The first-order chi connectivity index (χ1) is 14.5. The topological polar surface area (TPSA) is 110 Å². The van der Waals surface area contributed by atoms with Crippen LogP contribution in [-0.2, 0) is 24.4 Å². The summed E-state index contributed by atoms with van der Waals surface area (Å²) in [6.45, 7) is 3.63. The maximum absolute atomic E-state index is 12.8. The number of carbonyl (C=O) groups is 3. The molecule has 3 amide bonds. The number of nitrogens with one attached hydrogen (secondary N) is 1. The zero-order valence-electron chi connectivity index (χ0n) is 18.5. The van der Waals surface area contributed by atoms with Crippen molar-refractivity contribution in [3.05, 3.63) is 24.3 Å². The Kier molecular flexibility index (Phi) is 8.54. The predicted molar refractivity (Wildman–Crippen MR) is 117 cm³/mol. The van der Waals surface area contributed by atoms with Crippen molar-refractivity contribution in [2.75, 3.05) is 65.7 Å². The van der Waals surface area contributed by atoms with Crippen molar-refractivity contribution in [1.29, 1.82) is 0 Å². The molecule has 0 spiro atoms. The normalized spacial score (nSPS) is 15.5. The van der Waals surface area contributed by atoms with E-state index >= 15 is 0 Å². The number of amides is 3. The molecular weight excluding hydrogens is 422 g/mol. The molecule has 1 aromatic carbocycles. The van der Waals surface area contributed by atoms with Crippen LogP contribution in [0.4, 0.5) is 5.69 Å². The first kappa shape index (κ1) is 24.8. The molecule has 0 radical (unpaired) electrons. The molecule has 1 aliphatic heterocycles. The van der Waals surface area contributed by atoms with Crippen LogP contribution < -0.4 is 5.32 Å². The van der Waals surface area contributed by atoms with E-state index in [9.17, 15) is 22.8 Å². The smallest absolute Gasteiger partial charge is 0.243 e. The van der Waals surface area contributed by atoms with Gasteiger partial charge in [-0.25, -0.2) is 8.42 Å². The lowest BCUT2D eigenvalue weighted by atomic mass is 10.3. The highest BCUT2D eigenvalue weighted by Gasteiger charge is 2.27. The third-order valence-corrected chi connectivity index (χ3v) is 6.86. The number of likely N-dealkylation sites (N-methyl/N-ethyl adjacent to an activating group) is 2. The molecule has 1 N–H and O–H groups in total. The van der Waals surface area contributed by atoms with Crippen molar-refractivity contribution in [2.45, 2.75) is 18.2 Å². The minimum atomic E-state index is -3.85. The number of nitrogens with zero attached hydrogens (tertiary/aromatic N) is 4. The molecule has 1 aromatic rings. The van der Waals surface area contributed by atoms with Crippen LogP contribution in [0.2, 0.25) is 0 Å². The number of hydrogen-bond acceptors (Lipinski definition) is 6. The summed E-state index contributed by atoms with van der Waals surface area (Å²) >= 11 is 0. The van der Waals surface area contributed by atoms with Gasteiger partial charge >= 0.3 is 0 Å². The SMILES string of the molecule is CC(=O)Nc1ccc(S(=O)(=O)N(C)CC(=O)N2CCCN(CC(=O)N(C)C)CC2)cc1. The predicted octanol–water partition coefficient (Wildman–Crippen LogP) is -0.112. The largest absolute Gasteiger partial charge is 0.348 e. The first-order valence-electron chi connectivity index (χ1n) is 10.0. The lowest BCUT2D eigenvalue weighted by molar-refractivity contribution is -0.131. The third-order valence-electron chi connectivity index (χ3n) is 5.04. The van der Waals surface area contributed by atoms with Crippen LogP contribution in [0.15, 0.2) is 29.2 Å². The zero-order chi connectivity index (χ0) is 23.2. The van der Waals surface area contributed by atoms with Crippen LogP contribution in [0.1, 0.15) is 13.3 Å². The fraction of sp³-hybridized carbons (Fsp3) is 0.550. The Morgan fingerprint density at radius 3 is 2.23 bits per heavy atom. The van der Waals surface area contributed by atoms with E-state index in [1.807, 2.05) is 4.90 Å². The molecule has 2 rings (SSSR count). The van der Waals surface area contributed by atoms with Crippen LogP contribution in [0.3, 0.4) is 0 Å². The Balaban J connectivity index is 1.96. The average molecular weight is 454 g/mol. The Morgan fingerprint density at radius 1 is 1.00 bits per heavy atom. The summed E-state index contributed by atoms with van der Waals surface area (Å²) in [6.07, 6.45) is 0.716. The zero-order valence-corrected chi connectivity index (χ0v) is 19.3. The van der Waals surface area contributed by atoms with Gasteiger partial charge in [0.05, 0.1) is 18.0 Å². The van der Waals surface area contributed by atoms with Crippen LogP contribution in [0, 0.1) is 0 Å². The summed E-state index contributed by atoms with van der Waals surface area (Å²) in [5, 5.41) is 2.58. The third kappa shape index (κ3) is 7.01. The molecule has 11 heteroatoms. The van der Waals surface area contributed by atoms with Crippen molar-refractivity contribution in [3.63, 3.8) is 0 Å². The molecule has 0 aromatic heterocycles. The van der Waals surface area contributed by atoms with Crippen molar-refractivity contribution in [3.8, 4) is 0 Å². The summed E-state index contributed by atoms with van der Waals surface area (Å²) in [7, 11) is 0.935. The van der Waals surface area contributed by atoms with Crippen molar-refractivity contribution in [2.24, 2.45) is 0 Å². The Labute approximate surface area is 183 Å². The van der Waals surface area contributed by atoms with Gasteiger partial charge in [0.1, 0.15) is 0 Å². The Morgan fingerprint density at radius 2 is 1.65 bits per heavy atom. The molecule has 172 valence electrons. The minimum Gasteiger partial charge on any atom is -0.348 e. The molecule has 1 aliphatic rings. The van der Waals surface area contributed by atoms with E-state index in [1.165, 1.54) is 43.1 Å². The standard InChI is InChI=1S/C20H31N5O5S/c1-16(26)21-17-6-8-18(9-7-17)31(29,30)23(4)14-20(28)25-11-5-10-24(12-13-25)15-19(27)22(2)3/h6-9H,5,10-15H2,1-4H3,(H,21,26). The van der Waals surface area contributed by atoms with E-state index in [0.29, 0.717) is 44.8 Å². The molecule has 31 heavy (non-hydrogen) atoms. The van der Waals surface area contributed by atoms with Gasteiger partial charge in [0, 0.05) is 59.9 Å². The molecule has 1 heterocycles. The highest BCUT2D eigenvalue weighted by molar-refractivity contribution is 7.89. The van der Waals surface area contributed by atoms with Gasteiger partial charge in [0.2, 0.25) is 27.7 Å². The van der Waals surface area contributed by atoms with Gasteiger partial charge in [-0.3, -0.25) is 19.3 Å². The summed E-state index contributed by atoms with van der Waals surface area (Å²) in [5.41, 5.74) is 0.493. The Bertz CT molecular complexity index is 901. The number of benzene rings is 1. The second kappa shape index (κ2) is 10.7. The maximum Gasteiger partial charge on any atom is 0.243 e. The highest BCUT2D eigenvalue weighted by Crippen LogP contribution is 2.18. The van der Waals surface area contributed by atoms with E-state index in [-0.39, 0.29) is 29.2 Å². The van der Waals surface area contributed by atoms with E-state index in [0.717, 1.165) is 4.31 Å². The van der Waals surface area contributed by atoms with Gasteiger partial charge in [0.15, 0.2) is 0 Å². The summed E-state index contributed by atoms with van der Waals surface area (Å²) in [4.78, 5) is 41.0. The summed E-state index contributed by atoms with van der Waals surface area (Å²) in [6, 6.07) is 5.80. The van der Waals surface area contributed by atoms with Crippen LogP contribution in [0.25, 0.3) is 0 Å². The number of carbonyl (C=O) groups excluding carboxylic acids is 3. The molecule has 10 nitrogen and oxygen atoms in total. The molecule has 1 saturated heterocycles. The minimum absolute atomic E-state index is 0.00937.